The molecular weight excluding hydrogens is 209 g/mol. The predicted molar refractivity (Wildman–Crippen MR) is 45.6 cm³/mol. The highest BCUT2D eigenvalue weighted by atomic mass is 19.4. The number of alkyl halides is 3. The first-order chi connectivity index (χ1) is 6.94. The molecule has 0 bridgehead atoms. The van der Waals surface area contributed by atoms with Gasteiger partial charge in [0.05, 0.1) is 12.5 Å². The molecule has 0 aromatic rings. The number of nitrogens with zero attached hydrogens (tertiary/aromatic N) is 2. The molecule has 0 saturated carbocycles. The second-order valence-corrected chi connectivity index (χ2v) is 3.49. The van der Waals surface area contributed by atoms with Crippen molar-refractivity contribution in [3.05, 3.63) is 0 Å². The maximum absolute atomic E-state index is 11.8. The number of halogens is 3. The first kappa shape index (κ1) is 11.8. The Labute approximate surface area is 85.5 Å². The molecular formula is C9H11F3N2O. The third-order valence-electron chi connectivity index (χ3n) is 2.34. The van der Waals surface area contributed by atoms with E-state index in [-0.39, 0.29) is 0 Å². The van der Waals surface area contributed by atoms with Crippen LogP contribution in [0, 0.1) is 11.3 Å². The van der Waals surface area contributed by atoms with Crippen molar-refractivity contribution in [3.8, 4) is 6.07 Å². The number of amides is 1. The fourth-order valence-electron chi connectivity index (χ4n) is 1.59. The van der Waals surface area contributed by atoms with Gasteiger partial charge in [0.15, 0.2) is 0 Å². The Kier molecular flexibility index (Phi) is 3.56. The summed E-state index contributed by atoms with van der Waals surface area (Å²) in [6.45, 7) is 0.398. The second-order valence-electron chi connectivity index (χ2n) is 3.49. The molecule has 0 N–H and O–H groups in total. The van der Waals surface area contributed by atoms with Crippen LogP contribution in [0.4, 0.5) is 13.2 Å². The smallest absolute Gasteiger partial charge is 0.327 e. The highest BCUT2D eigenvalue weighted by Crippen LogP contribution is 2.24. The molecule has 1 aliphatic heterocycles. The van der Waals surface area contributed by atoms with Gasteiger partial charge in [0.2, 0.25) is 5.91 Å². The first-order valence-electron chi connectivity index (χ1n) is 4.70. The minimum Gasteiger partial charge on any atom is -0.327 e. The van der Waals surface area contributed by atoms with Crippen LogP contribution >= 0.6 is 0 Å². The number of carbonyl (C=O) groups excluding carboxylic acids is 1. The summed E-state index contributed by atoms with van der Waals surface area (Å²) >= 11 is 0. The summed E-state index contributed by atoms with van der Waals surface area (Å²) in [6, 6.07) is 1.38. The van der Waals surface area contributed by atoms with E-state index in [4.69, 9.17) is 5.26 Å². The van der Waals surface area contributed by atoms with E-state index >= 15 is 0 Å². The third-order valence-corrected chi connectivity index (χ3v) is 2.34. The Morgan fingerprint density at radius 2 is 2.20 bits per heavy atom. The number of hydrogen-bond donors (Lipinski definition) is 0. The van der Waals surface area contributed by atoms with Crippen molar-refractivity contribution in [2.45, 2.75) is 37.9 Å². The van der Waals surface area contributed by atoms with Crippen LogP contribution in [0.2, 0.25) is 0 Å². The van der Waals surface area contributed by atoms with Crippen LogP contribution in [-0.2, 0) is 4.79 Å². The van der Waals surface area contributed by atoms with E-state index in [1.165, 1.54) is 4.90 Å². The average Bonchev–Trinajstić information content (AvgIpc) is 2.60. The molecule has 1 rings (SSSR count). The largest absolute Gasteiger partial charge is 0.389 e. The van der Waals surface area contributed by atoms with Crippen LogP contribution in [0.1, 0.15) is 25.7 Å². The number of hydrogen-bond acceptors (Lipinski definition) is 2. The summed E-state index contributed by atoms with van der Waals surface area (Å²) in [5.41, 5.74) is 0. The molecule has 6 heteroatoms. The lowest BCUT2D eigenvalue weighted by Crippen LogP contribution is -2.35. The van der Waals surface area contributed by atoms with Gasteiger partial charge in [-0.3, -0.25) is 4.79 Å². The zero-order valence-electron chi connectivity index (χ0n) is 8.05. The quantitative estimate of drug-likeness (QED) is 0.712. The normalized spacial score (nSPS) is 21.5. The summed E-state index contributed by atoms with van der Waals surface area (Å²) < 4.78 is 35.5. The molecule has 1 unspecified atom stereocenters. The van der Waals surface area contributed by atoms with Crippen LogP contribution in [0.3, 0.4) is 0 Å². The molecule has 0 aliphatic carbocycles. The van der Waals surface area contributed by atoms with Gasteiger partial charge in [0, 0.05) is 13.0 Å². The molecule has 1 fully saturated rings. The monoisotopic (exact) mass is 220 g/mol. The number of carbonyl (C=O) groups is 1. The Hall–Kier alpha value is -1.25. The van der Waals surface area contributed by atoms with Crippen molar-refractivity contribution in [2.24, 2.45) is 0 Å². The molecule has 1 atom stereocenters. The number of nitriles is 1. The van der Waals surface area contributed by atoms with Gasteiger partial charge in [-0.2, -0.15) is 18.4 Å². The first-order valence-corrected chi connectivity index (χ1v) is 4.70. The summed E-state index contributed by atoms with van der Waals surface area (Å²) in [5.74, 6) is -0.573. The van der Waals surface area contributed by atoms with Crippen molar-refractivity contribution >= 4 is 5.91 Å². The Morgan fingerprint density at radius 3 is 2.73 bits per heavy atom. The van der Waals surface area contributed by atoms with Crippen LogP contribution in [0.5, 0.6) is 0 Å². The van der Waals surface area contributed by atoms with Crippen molar-refractivity contribution in [1.29, 1.82) is 5.26 Å². The Morgan fingerprint density at radius 1 is 1.53 bits per heavy atom. The topological polar surface area (TPSA) is 44.1 Å². The van der Waals surface area contributed by atoms with Gasteiger partial charge in [0.25, 0.3) is 0 Å². The van der Waals surface area contributed by atoms with Crippen LogP contribution in [0.15, 0.2) is 0 Å². The minimum absolute atomic E-state index is 0.398. The fraction of sp³-hybridized carbons (Fsp3) is 0.778. The van der Waals surface area contributed by atoms with E-state index in [0.717, 1.165) is 0 Å². The van der Waals surface area contributed by atoms with Crippen molar-refractivity contribution in [2.75, 3.05) is 6.54 Å². The summed E-state index contributed by atoms with van der Waals surface area (Å²) in [6.07, 6.45) is -4.72. The van der Waals surface area contributed by atoms with E-state index in [1.807, 2.05) is 6.07 Å². The van der Waals surface area contributed by atoms with Gasteiger partial charge in [-0.25, -0.2) is 0 Å². The fourth-order valence-corrected chi connectivity index (χ4v) is 1.59. The van der Waals surface area contributed by atoms with Gasteiger partial charge in [-0.1, -0.05) is 0 Å². The highest BCUT2D eigenvalue weighted by Gasteiger charge is 2.32. The lowest BCUT2D eigenvalue weighted by Gasteiger charge is -2.19. The standard InChI is InChI=1S/C9H11F3N2O/c10-9(11,12)4-3-8(15)14-5-1-2-7(14)6-13/h7H,1-5H2. The van der Waals surface area contributed by atoms with E-state index in [0.29, 0.717) is 19.4 Å². The maximum atomic E-state index is 11.8. The Balaban J connectivity index is 2.44. The van der Waals surface area contributed by atoms with Crippen LogP contribution in [0.25, 0.3) is 0 Å². The maximum Gasteiger partial charge on any atom is 0.389 e. The van der Waals surface area contributed by atoms with E-state index in [2.05, 4.69) is 0 Å². The number of likely N-dealkylation sites (tertiary alicyclic amines) is 1. The Bertz CT molecular complexity index is 282. The van der Waals surface area contributed by atoms with Crippen LogP contribution < -0.4 is 0 Å². The van der Waals surface area contributed by atoms with Gasteiger partial charge < -0.3 is 4.90 Å². The molecule has 15 heavy (non-hydrogen) atoms. The van der Waals surface area contributed by atoms with Gasteiger partial charge >= 0.3 is 6.18 Å². The molecule has 0 aromatic heterocycles. The van der Waals surface area contributed by atoms with E-state index < -0.39 is 31.0 Å². The molecule has 1 heterocycles. The summed E-state index contributed by atoms with van der Waals surface area (Å²) in [5, 5.41) is 8.65. The van der Waals surface area contributed by atoms with Crippen molar-refractivity contribution < 1.29 is 18.0 Å². The summed E-state index contributed by atoms with van der Waals surface area (Å²) in [4.78, 5) is 12.6. The van der Waals surface area contributed by atoms with E-state index in [9.17, 15) is 18.0 Å². The molecule has 1 amide bonds. The third kappa shape index (κ3) is 3.42. The molecule has 0 aromatic carbocycles. The highest BCUT2D eigenvalue weighted by molar-refractivity contribution is 5.77. The van der Waals surface area contributed by atoms with Gasteiger partial charge in [0.1, 0.15) is 6.04 Å². The average molecular weight is 220 g/mol. The minimum atomic E-state index is -4.31. The van der Waals surface area contributed by atoms with E-state index in [1.54, 1.807) is 0 Å². The van der Waals surface area contributed by atoms with Crippen molar-refractivity contribution in [1.82, 2.24) is 4.90 Å². The second kappa shape index (κ2) is 4.51. The molecule has 84 valence electrons. The zero-order chi connectivity index (χ0) is 11.5. The molecule has 0 radical (unpaired) electrons. The lowest BCUT2D eigenvalue weighted by molar-refractivity contribution is -0.149. The lowest BCUT2D eigenvalue weighted by atomic mass is 10.2. The molecule has 3 nitrogen and oxygen atoms in total. The predicted octanol–water partition coefficient (Wildman–Crippen LogP) is 1.84. The SMILES string of the molecule is N#CC1CCCN1C(=O)CCC(F)(F)F. The van der Waals surface area contributed by atoms with Gasteiger partial charge in [-0.05, 0) is 12.8 Å². The molecule has 0 spiro atoms. The molecule has 1 saturated heterocycles. The number of rotatable bonds is 2. The summed E-state index contributed by atoms with van der Waals surface area (Å²) in [7, 11) is 0. The molecule has 1 aliphatic rings. The van der Waals surface area contributed by atoms with Crippen molar-refractivity contribution in [3.63, 3.8) is 0 Å². The zero-order valence-corrected chi connectivity index (χ0v) is 8.05. The van der Waals surface area contributed by atoms with Crippen LogP contribution in [-0.4, -0.2) is 29.6 Å². The van der Waals surface area contributed by atoms with Gasteiger partial charge in [-0.15, -0.1) is 0 Å².